The Balaban J connectivity index is 0.000000179. The van der Waals surface area contributed by atoms with Crippen molar-refractivity contribution in [2.75, 3.05) is 0 Å². The largest absolute Gasteiger partial charge is 0.353 e. The Bertz CT molecular complexity index is 1630. The SMILES string of the molecule is C/C=C/c1ccc(C=O)[nH]1.O=Cc1ccc(/C=C/C=C/c2ccccc2)[nH]1.O=Cc1ccc(/C=C/c2ccccc2)[nH]1. The third-order valence-corrected chi connectivity index (χ3v) is 5.65. The van der Waals surface area contributed by atoms with Crippen LogP contribution in [-0.2, 0) is 0 Å². The molecule has 5 rings (SSSR count). The first-order chi connectivity index (χ1) is 20.6. The first-order valence-electron chi connectivity index (χ1n) is 13.3. The summed E-state index contributed by atoms with van der Waals surface area (Å²) >= 11 is 0. The summed E-state index contributed by atoms with van der Waals surface area (Å²) in [5.41, 5.74) is 6.93. The Hall–Kier alpha value is -5.75. The Kier molecular flexibility index (Phi) is 13.0. The zero-order valence-corrected chi connectivity index (χ0v) is 23.3. The third-order valence-electron chi connectivity index (χ3n) is 5.65. The van der Waals surface area contributed by atoms with Gasteiger partial charge in [0.05, 0.1) is 17.1 Å². The lowest BCUT2D eigenvalue weighted by Crippen LogP contribution is -1.77. The molecular weight excluding hydrogens is 522 g/mol. The van der Waals surface area contributed by atoms with Gasteiger partial charge in [0.1, 0.15) is 0 Å². The number of benzene rings is 2. The van der Waals surface area contributed by atoms with Crippen LogP contribution in [-0.4, -0.2) is 33.8 Å². The van der Waals surface area contributed by atoms with E-state index >= 15 is 0 Å². The van der Waals surface area contributed by atoms with Crippen molar-refractivity contribution < 1.29 is 14.4 Å². The average Bonchev–Trinajstić information content (AvgIpc) is 3.81. The molecule has 0 aliphatic rings. The molecule has 0 aliphatic carbocycles. The van der Waals surface area contributed by atoms with Crippen LogP contribution in [0, 0.1) is 0 Å². The van der Waals surface area contributed by atoms with Crippen LogP contribution in [0.25, 0.3) is 30.4 Å². The topological polar surface area (TPSA) is 98.6 Å². The number of rotatable bonds is 9. The van der Waals surface area contributed by atoms with Crippen LogP contribution in [0.1, 0.15) is 66.6 Å². The monoisotopic (exact) mass is 555 g/mol. The van der Waals surface area contributed by atoms with Crippen LogP contribution in [0.4, 0.5) is 0 Å². The van der Waals surface area contributed by atoms with E-state index in [2.05, 4.69) is 15.0 Å². The second-order valence-electron chi connectivity index (χ2n) is 8.83. The standard InChI is InChI=1S/C15H13NO.C13H11NO.C8H9NO/c17-12-15-11-10-14(16-15)9-5-4-8-13-6-2-1-3-7-13;15-10-13-9-8-12(14-13)7-6-11-4-2-1-3-5-11;1-2-3-7-4-5-8(6-10)9-7/h1-12,16H;1-10,14H;2-6,9H,1H3/b8-4+,9-5+;7-6+;3-2+. The number of hydrogen-bond donors (Lipinski definition) is 3. The van der Waals surface area contributed by atoms with Crippen molar-refractivity contribution in [2.45, 2.75) is 6.92 Å². The number of hydrogen-bond acceptors (Lipinski definition) is 3. The molecule has 5 aromatic rings. The predicted octanol–water partition coefficient (Wildman–Crippen LogP) is 8.41. The van der Waals surface area contributed by atoms with E-state index in [-0.39, 0.29) is 0 Å². The summed E-state index contributed by atoms with van der Waals surface area (Å²) in [5, 5.41) is 0. The molecule has 0 atom stereocenters. The molecule has 3 N–H and O–H groups in total. The number of aldehydes is 3. The number of aromatic nitrogens is 3. The molecule has 3 heterocycles. The number of carbonyl (C=O) groups is 3. The van der Waals surface area contributed by atoms with Gasteiger partial charge in [-0.3, -0.25) is 14.4 Å². The summed E-state index contributed by atoms with van der Waals surface area (Å²) in [4.78, 5) is 39.9. The van der Waals surface area contributed by atoms with Crippen molar-refractivity contribution in [2.24, 2.45) is 0 Å². The van der Waals surface area contributed by atoms with E-state index in [1.165, 1.54) is 0 Å². The second kappa shape index (κ2) is 17.8. The van der Waals surface area contributed by atoms with Crippen LogP contribution in [0.2, 0.25) is 0 Å². The molecule has 0 saturated carbocycles. The van der Waals surface area contributed by atoms with Crippen molar-refractivity contribution in [3.8, 4) is 0 Å². The summed E-state index contributed by atoms with van der Waals surface area (Å²) in [6.07, 6.45) is 18.0. The molecule has 3 aromatic heterocycles. The summed E-state index contributed by atoms with van der Waals surface area (Å²) in [5.74, 6) is 0. The third kappa shape index (κ3) is 11.2. The van der Waals surface area contributed by atoms with Crippen molar-refractivity contribution >= 4 is 49.2 Å². The minimum atomic E-state index is 0.594. The molecule has 0 fully saturated rings. The molecule has 0 unspecified atom stereocenters. The highest BCUT2D eigenvalue weighted by atomic mass is 16.1. The van der Waals surface area contributed by atoms with Gasteiger partial charge in [0, 0.05) is 17.1 Å². The quantitative estimate of drug-likeness (QED) is 0.126. The van der Waals surface area contributed by atoms with Crippen molar-refractivity contribution in [1.82, 2.24) is 15.0 Å². The first kappa shape index (κ1) is 30.8. The fourth-order valence-corrected chi connectivity index (χ4v) is 3.61. The van der Waals surface area contributed by atoms with Crippen LogP contribution >= 0.6 is 0 Å². The first-order valence-corrected chi connectivity index (χ1v) is 13.3. The lowest BCUT2D eigenvalue weighted by atomic mass is 10.2. The maximum absolute atomic E-state index is 10.5. The molecule has 210 valence electrons. The smallest absolute Gasteiger partial charge is 0.166 e. The fourth-order valence-electron chi connectivity index (χ4n) is 3.61. The van der Waals surface area contributed by atoms with Crippen LogP contribution < -0.4 is 0 Å². The minimum Gasteiger partial charge on any atom is -0.353 e. The summed E-state index contributed by atoms with van der Waals surface area (Å²) in [6.45, 7) is 1.93. The molecule has 0 bridgehead atoms. The van der Waals surface area contributed by atoms with Gasteiger partial charge in [-0.05, 0) is 72.7 Å². The van der Waals surface area contributed by atoms with Gasteiger partial charge in [-0.15, -0.1) is 0 Å². The Morgan fingerprint density at radius 2 is 0.786 bits per heavy atom. The van der Waals surface area contributed by atoms with Gasteiger partial charge in [-0.1, -0.05) is 91.0 Å². The average molecular weight is 556 g/mol. The lowest BCUT2D eigenvalue weighted by Gasteiger charge is -1.90. The summed E-state index contributed by atoms with van der Waals surface area (Å²) in [7, 11) is 0. The number of H-pyrrole nitrogens is 3. The van der Waals surface area contributed by atoms with E-state index < -0.39 is 0 Å². The van der Waals surface area contributed by atoms with Gasteiger partial charge in [0.2, 0.25) is 0 Å². The Morgan fingerprint density at radius 3 is 1.21 bits per heavy atom. The van der Waals surface area contributed by atoms with E-state index in [1.807, 2.05) is 134 Å². The fraction of sp³-hybridized carbons (Fsp3) is 0.0278. The second-order valence-corrected chi connectivity index (χ2v) is 8.83. The van der Waals surface area contributed by atoms with Crippen molar-refractivity contribution in [3.63, 3.8) is 0 Å². The number of aromatic amines is 3. The highest BCUT2D eigenvalue weighted by Crippen LogP contribution is 2.08. The maximum Gasteiger partial charge on any atom is 0.166 e. The molecule has 2 aromatic carbocycles. The van der Waals surface area contributed by atoms with Crippen LogP contribution in [0.5, 0.6) is 0 Å². The molecule has 0 aliphatic heterocycles. The van der Waals surface area contributed by atoms with Crippen molar-refractivity contribution in [3.05, 3.63) is 161 Å². The molecule has 0 radical (unpaired) electrons. The normalized spacial score (nSPS) is 10.9. The zero-order valence-electron chi connectivity index (χ0n) is 23.3. The van der Waals surface area contributed by atoms with E-state index in [1.54, 1.807) is 18.2 Å². The molecule has 0 amide bonds. The minimum absolute atomic E-state index is 0.594. The number of carbonyl (C=O) groups excluding carboxylic acids is 3. The Morgan fingerprint density at radius 1 is 0.405 bits per heavy atom. The van der Waals surface area contributed by atoms with Gasteiger partial charge in [-0.25, -0.2) is 0 Å². The summed E-state index contributed by atoms with van der Waals surface area (Å²) in [6, 6.07) is 31.0. The van der Waals surface area contributed by atoms with E-state index in [0.717, 1.165) is 47.1 Å². The molecule has 6 heteroatoms. The Labute approximate surface area is 245 Å². The van der Waals surface area contributed by atoms with E-state index in [9.17, 15) is 14.4 Å². The van der Waals surface area contributed by atoms with Crippen LogP contribution in [0.3, 0.4) is 0 Å². The van der Waals surface area contributed by atoms with Gasteiger partial charge in [0.25, 0.3) is 0 Å². The highest BCUT2D eigenvalue weighted by Gasteiger charge is 1.93. The number of nitrogens with one attached hydrogen (secondary N) is 3. The zero-order chi connectivity index (χ0) is 29.8. The van der Waals surface area contributed by atoms with Crippen molar-refractivity contribution in [1.29, 1.82) is 0 Å². The molecule has 42 heavy (non-hydrogen) atoms. The predicted molar refractivity (Wildman–Crippen MR) is 173 cm³/mol. The maximum atomic E-state index is 10.5. The van der Waals surface area contributed by atoms with Crippen LogP contribution in [0.15, 0.2) is 115 Å². The molecule has 0 spiro atoms. The summed E-state index contributed by atoms with van der Waals surface area (Å²) < 4.78 is 0. The van der Waals surface area contributed by atoms with Gasteiger partial charge in [0.15, 0.2) is 18.9 Å². The van der Waals surface area contributed by atoms with E-state index in [4.69, 9.17) is 0 Å². The van der Waals surface area contributed by atoms with Gasteiger partial charge >= 0.3 is 0 Å². The molecular formula is C36H33N3O3. The lowest BCUT2D eigenvalue weighted by molar-refractivity contribution is 0.111. The number of allylic oxidation sites excluding steroid dienone is 3. The van der Waals surface area contributed by atoms with E-state index in [0.29, 0.717) is 17.1 Å². The molecule has 0 saturated heterocycles. The highest BCUT2D eigenvalue weighted by molar-refractivity contribution is 5.75. The molecule has 6 nitrogen and oxygen atoms in total. The van der Waals surface area contributed by atoms with Gasteiger partial charge < -0.3 is 15.0 Å². The van der Waals surface area contributed by atoms with Gasteiger partial charge in [-0.2, -0.15) is 0 Å².